The van der Waals surface area contributed by atoms with Crippen LogP contribution in [-0.2, 0) is 4.79 Å². The lowest BCUT2D eigenvalue weighted by Crippen LogP contribution is -2.19. The van der Waals surface area contributed by atoms with E-state index in [1.807, 2.05) is 60.7 Å². The smallest absolute Gasteiger partial charge is 0.242 e. The van der Waals surface area contributed by atoms with Crippen molar-refractivity contribution in [3.8, 4) is 0 Å². The van der Waals surface area contributed by atoms with Crippen LogP contribution in [0.25, 0.3) is 0 Å². The maximum Gasteiger partial charge on any atom is 0.242 e. The van der Waals surface area contributed by atoms with E-state index in [0.717, 1.165) is 11.3 Å². The number of hydrogen-bond acceptors (Lipinski definition) is 7. The summed E-state index contributed by atoms with van der Waals surface area (Å²) in [5, 5.41) is 14.7. The van der Waals surface area contributed by atoms with E-state index < -0.39 is 5.25 Å². The molecule has 0 saturated heterocycles. The Morgan fingerprint density at radius 1 is 0.875 bits per heavy atom. The van der Waals surface area contributed by atoms with Crippen LogP contribution in [0, 0.1) is 0 Å². The summed E-state index contributed by atoms with van der Waals surface area (Å²) in [5.74, 6) is -0.253. The van der Waals surface area contributed by atoms with Crippen LogP contribution in [0.2, 0.25) is 0 Å². The second kappa shape index (κ2) is 10.2. The number of para-hydroxylation sites is 1. The minimum atomic E-state index is -0.533. The first-order valence-electron chi connectivity index (χ1n) is 9.87. The van der Waals surface area contributed by atoms with Gasteiger partial charge in [0.05, 0.1) is 0 Å². The molecule has 0 spiro atoms. The molecule has 0 aliphatic heterocycles. The van der Waals surface area contributed by atoms with Gasteiger partial charge in [0.1, 0.15) is 5.25 Å². The zero-order valence-electron chi connectivity index (χ0n) is 17.2. The van der Waals surface area contributed by atoms with Gasteiger partial charge >= 0.3 is 0 Å². The monoisotopic (exact) mass is 460 g/mol. The van der Waals surface area contributed by atoms with Gasteiger partial charge in [0.2, 0.25) is 11.0 Å². The van der Waals surface area contributed by atoms with E-state index in [0.29, 0.717) is 20.7 Å². The Kier molecular flexibility index (Phi) is 6.94. The van der Waals surface area contributed by atoms with Crippen LogP contribution in [0.3, 0.4) is 0 Å². The number of amides is 1. The molecule has 160 valence electrons. The Morgan fingerprint density at radius 2 is 1.56 bits per heavy atom. The summed E-state index contributed by atoms with van der Waals surface area (Å²) >= 11 is 2.72. The number of Topliss-reactive ketones (excluding diaryl/α,β-unsaturated/α-hetero) is 1. The fourth-order valence-electron chi connectivity index (χ4n) is 2.98. The number of ketones is 1. The molecule has 0 aliphatic rings. The Hall–Kier alpha value is -3.49. The molecule has 0 fully saturated rings. The summed E-state index contributed by atoms with van der Waals surface area (Å²) in [4.78, 5) is 24.9. The topological polar surface area (TPSA) is 84.0 Å². The van der Waals surface area contributed by atoms with Crippen molar-refractivity contribution in [3.63, 3.8) is 0 Å². The number of carbonyl (C=O) groups excluding carboxylic acids is 2. The number of rotatable bonds is 8. The first-order valence-corrected chi connectivity index (χ1v) is 11.6. The van der Waals surface area contributed by atoms with Gasteiger partial charge in [0.15, 0.2) is 10.1 Å². The molecule has 1 unspecified atom stereocenters. The van der Waals surface area contributed by atoms with Crippen LogP contribution >= 0.6 is 23.1 Å². The van der Waals surface area contributed by atoms with E-state index in [9.17, 15) is 9.59 Å². The molecular formula is C24H20N4O2S2. The van der Waals surface area contributed by atoms with Gasteiger partial charge in [0.25, 0.3) is 0 Å². The van der Waals surface area contributed by atoms with Crippen LogP contribution in [0.5, 0.6) is 0 Å². The van der Waals surface area contributed by atoms with Crippen molar-refractivity contribution in [2.75, 3.05) is 10.6 Å². The zero-order chi connectivity index (χ0) is 22.3. The molecular weight excluding hydrogens is 440 g/mol. The standard InChI is InChI=1S/C24H20N4O2S2/c1-16(29)18-11-8-14-20(15-18)25-22(30)21(17-9-4-2-5-10-17)31-24-28-27-23(32-24)26-19-12-6-3-7-13-19/h2-15,21H,1H3,(H,25,30)(H,26,27). The number of hydrogen-bond donors (Lipinski definition) is 2. The van der Waals surface area contributed by atoms with Crippen molar-refractivity contribution in [3.05, 3.63) is 96.1 Å². The maximum atomic E-state index is 13.2. The van der Waals surface area contributed by atoms with Crippen LogP contribution in [0.15, 0.2) is 89.3 Å². The molecule has 0 saturated carbocycles. The van der Waals surface area contributed by atoms with Gasteiger partial charge in [-0.1, -0.05) is 83.8 Å². The summed E-state index contributed by atoms with van der Waals surface area (Å²) in [6.07, 6.45) is 0. The lowest BCUT2D eigenvalue weighted by atomic mass is 10.1. The fourth-order valence-corrected chi connectivity index (χ4v) is 4.94. The van der Waals surface area contributed by atoms with E-state index in [4.69, 9.17) is 0 Å². The predicted molar refractivity (Wildman–Crippen MR) is 130 cm³/mol. The molecule has 6 nitrogen and oxygen atoms in total. The van der Waals surface area contributed by atoms with Gasteiger partial charge in [-0.2, -0.15) is 0 Å². The maximum absolute atomic E-state index is 13.2. The number of benzene rings is 3. The van der Waals surface area contributed by atoms with Gasteiger partial charge in [0, 0.05) is 16.9 Å². The molecule has 0 radical (unpaired) electrons. The Labute approximate surface area is 194 Å². The van der Waals surface area contributed by atoms with Crippen molar-refractivity contribution in [1.82, 2.24) is 10.2 Å². The van der Waals surface area contributed by atoms with Gasteiger partial charge < -0.3 is 10.6 Å². The van der Waals surface area contributed by atoms with Crippen molar-refractivity contribution in [2.24, 2.45) is 0 Å². The van der Waals surface area contributed by atoms with Gasteiger partial charge in [-0.15, -0.1) is 10.2 Å². The number of thioether (sulfide) groups is 1. The number of nitrogens with zero attached hydrogens (tertiary/aromatic N) is 2. The van der Waals surface area contributed by atoms with E-state index in [1.54, 1.807) is 24.3 Å². The number of nitrogens with one attached hydrogen (secondary N) is 2. The molecule has 3 aromatic carbocycles. The molecule has 4 aromatic rings. The average molecular weight is 461 g/mol. The van der Waals surface area contributed by atoms with E-state index >= 15 is 0 Å². The summed E-state index contributed by atoms with van der Waals surface area (Å²) in [6, 6.07) is 26.2. The van der Waals surface area contributed by atoms with E-state index in [1.165, 1.54) is 30.0 Å². The highest BCUT2D eigenvalue weighted by Gasteiger charge is 2.24. The van der Waals surface area contributed by atoms with Crippen molar-refractivity contribution in [2.45, 2.75) is 16.5 Å². The van der Waals surface area contributed by atoms with Crippen LogP contribution in [-0.4, -0.2) is 21.9 Å². The van der Waals surface area contributed by atoms with Gasteiger partial charge in [-0.05, 0) is 36.8 Å². The first kappa shape index (κ1) is 21.7. The molecule has 1 amide bonds. The van der Waals surface area contributed by atoms with Crippen LogP contribution in [0.4, 0.5) is 16.5 Å². The zero-order valence-corrected chi connectivity index (χ0v) is 18.8. The Bertz CT molecular complexity index is 1210. The van der Waals surface area contributed by atoms with Crippen molar-refractivity contribution >= 4 is 51.3 Å². The SMILES string of the molecule is CC(=O)c1cccc(NC(=O)C(Sc2nnc(Nc3ccccc3)s2)c2ccccc2)c1. The lowest BCUT2D eigenvalue weighted by molar-refractivity contribution is -0.115. The molecule has 1 aromatic heterocycles. The lowest BCUT2D eigenvalue weighted by Gasteiger charge is -2.16. The molecule has 1 atom stereocenters. The minimum Gasteiger partial charge on any atom is -0.330 e. The summed E-state index contributed by atoms with van der Waals surface area (Å²) in [5.41, 5.74) is 2.90. The highest BCUT2D eigenvalue weighted by molar-refractivity contribution is 8.02. The molecule has 8 heteroatoms. The molecule has 4 rings (SSSR count). The predicted octanol–water partition coefficient (Wildman–Crippen LogP) is 5.96. The molecule has 32 heavy (non-hydrogen) atoms. The van der Waals surface area contributed by atoms with Crippen LogP contribution in [0.1, 0.15) is 28.1 Å². The summed E-state index contributed by atoms with van der Waals surface area (Å²) in [7, 11) is 0. The average Bonchev–Trinajstić information content (AvgIpc) is 3.25. The second-order valence-electron chi connectivity index (χ2n) is 6.90. The quantitative estimate of drug-likeness (QED) is 0.249. The number of anilines is 3. The first-order chi connectivity index (χ1) is 15.6. The van der Waals surface area contributed by atoms with Gasteiger partial charge in [-0.3, -0.25) is 9.59 Å². The molecule has 0 bridgehead atoms. The Morgan fingerprint density at radius 3 is 2.28 bits per heavy atom. The third-order valence-corrected chi connectivity index (χ3v) is 6.70. The second-order valence-corrected chi connectivity index (χ2v) is 9.23. The third-order valence-electron chi connectivity index (χ3n) is 4.53. The van der Waals surface area contributed by atoms with Crippen LogP contribution < -0.4 is 10.6 Å². The normalized spacial score (nSPS) is 11.5. The molecule has 2 N–H and O–H groups in total. The van der Waals surface area contributed by atoms with E-state index in [2.05, 4.69) is 20.8 Å². The Balaban J connectivity index is 1.53. The van der Waals surface area contributed by atoms with Crippen molar-refractivity contribution in [1.29, 1.82) is 0 Å². The highest BCUT2D eigenvalue weighted by Crippen LogP contribution is 2.39. The van der Waals surface area contributed by atoms with E-state index in [-0.39, 0.29) is 11.7 Å². The molecule has 1 heterocycles. The fraction of sp³-hybridized carbons (Fsp3) is 0.0833. The minimum absolute atomic E-state index is 0.0533. The highest BCUT2D eigenvalue weighted by atomic mass is 32.2. The number of carbonyl (C=O) groups is 2. The van der Waals surface area contributed by atoms with Crippen molar-refractivity contribution < 1.29 is 9.59 Å². The molecule has 0 aliphatic carbocycles. The summed E-state index contributed by atoms with van der Waals surface area (Å²) in [6.45, 7) is 1.50. The summed E-state index contributed by atoms with van der Waals surface area (Å²) < 4.78 is 0.671. The van der Waals surface area contributed by atoms with Gasteiger partial charge in [-0.25, -0.2) is 0 Å². The largest absolute Gasteiger partial charge is 0.330 e. The number of aromatic nitrogens is 2. The third kappa shape index (κ3) is 5.60.